The summed E-state index contributed by atoms with van der Waals surface area (Å²) >= 11 is 3.49. The number of hydrogen-bond donors (Lipinski definition) is 1. The van der Waals surface area contributed by atoms with Crippen LogP contribution < -0.4 is 5.32 Å². The zero-order chi connectivity index (χ0) is 15.6. The fourth-order valence-corrected chi connectivity index (χ4v) is 2.87. The molecule has 112 valence electrons. The largest absolute Gasteiger partial charge is 0.301 e. The average molecular weight is 346 g/mol. The Kier molecular flexibility index (Phi) is 4.90. The highest BCUT2D eigenvalue weighted by molar-refractivity contribution is 9.10. The molecule has 1 unspecified atom stereocenters. The molecule has 2 aromatic carbocycles. The molecule has 0 bridgehead atoms. The lowest BCUT2D eigenvalue weighted by atomic mass is 9.92. The van der Waals surface area contributed by atoms with Crippen molar-refractivity contribution >= 4 is 15.9 Å². The summed E-state index contributed by atoms with van der Waals surface area (Å²) in [5.41, 5.74) is 5.25. The van der Waals surface area contributed by atoms with Crippen molar-refractivity contribution in [3.63, 3.8) is 0 Å². The van der Waals surface area contributed by atoms with Crippen molar-refractivity contribution in [3.05, 3.63) is 69.2 Å². The third-order valence-electron chi connectivity index (χ3n) is 4.17. The molecule has 0 radical (unpaired) electrons. The molecule has 0 fully saturated rings. The third kappa shape index (κ3) is 3.96. The Morgan fingerprint density at radius 3 is 2.14 bits per heavy atom. The second-order valence-electron chi connectivity index (χ2n) is 6.34. The van der Waals surface area contributed by atoms with E-state index in [9.17, 15) is 0 Å². The Bertz CT molecular complexity index is 614. The molecule has 0 saturated heterocycles. The average Bonchev–Trinajstić information content (AvgIpc) is 2.41. The van der Waals surface area contributed by atoms with Gasteiger partial charge in [0.1, 0.15) is 0 Å². The standard InChI is InChI=1S/C19H24BrN/c1-13-6-7-16(12-14(13)2)15(3)21-19(4,5)17-8-10-18(20)11-9-17/h6-12,15,21H,1-5H3. The maximum absolute atomic E-state index is 3.74. The highest BCUT2D eigenvalue weighted by Gasteiger charge is 2.23. The Balaban J connectivity index is 2.18. The molecular weight excluding hydrogens is 322 g/mol. The van der Waals surface area contributed by atoms with Crippen LogP contribution in [0.1, 0.15) is 49.1 Å². The van der Waals surface area contributed by atoms with Crippen molar-refractivity contribution in [1.82, 2.24) is 5.32 Å². The van der Waals surface area contributed by atoms with Gasteiger partial charge in [0.2, 0.25) is 0 Å². The third-order valence-corrected chi connectivity index (χ3v) is 4.70. The minimum absolute atomic E-state index is 0.0705. The van der Waals surface area contributed by atoms with Gasteiger partial charge in [0, 0.05) is 16.1 Å². The van der Waals surface area contributed by atoms with Crippen LogP contribution in [0.2, 0.25) is 0 Å². The number of hydrogen-bond acceptors (Lipinski definition) is 1. The van der Waals surface area contributed by atoms with Gasteiger partial charge in [-0.1, -0.05) is 46.3 Å². The van der Waals surface area contributed by atoms with E-state index in [0.29, 0.717) is 6.04 Å². The first kappa shape index (κ1) is 16.3. The molecule has 0 spiro atoms. The Morgan fingerprint density at radius 2 is 1.57 bits per heavy atom. The van der Waals surface area contributed by atoms with Crippen LogP contribution in [0.25, 0.3) is 0 Å². The van der Waals surface area contributed by atoms with Crippen molar-refractivity contribution in [2.45, 2.75) is 46.2 Å². The van der Waals surface area contributed by atoms with Crippen LogP contribution in [0.15, 0.2) is 46.9 Å². The predicted molar refractivity (Wildman–Crippen MR) is 94.6 cm³/mol. The lowest BCUT2D eigenvalue weighted by Crippen LogP contribution is -2.38. The quantitative estimate of drug-likeness (QED) is 0.754. The Morgan fingerprint density at radius 1 is 0.952 bits per heavy atom. The molecule has 0 amide bonds. The van der Waals surface area contributed by atoms with Crippen molar-refractivity contribution in [1.29, 1.82) is 0 Å². The summed E-state index contributed by atoms with van der Waals surface area (Å²) in [5, 5.41) is 3.74. The zero-order valence-electron chi connectivity index (χ0n) is 13.5. The Hall–Kier alpha value is -1.12. The first-order chi connectivity index (χ1) is 9.79. The van der Waals surface area contributed by atoms with Crippen molar-refractivity contribution in [2.24, 2.45) is 0 Å². The molecule has 0 aliphatic heterocycles. The molecule has 21 heavy (non-hydrogen) atoms. The smallest absolute Gasteiger partial charge is 0.0382 e. The van der Waals surface area contributed by atoms with E-state index < -0.39 is 0 Å². The number of benzene rings is 2. The molecule has 0 saturated carbocycles. The minimum atomic E-state index is -0.0705. The second-order valence-corrected chi connectivity index (χ2v) is 7.26. The molecule has 0 aromatic heterocycles. The molecule has 0 aliphatic carbocycles. The lowest BCUT2D eigenvalue weighted by Gasteiger charge is -2.31. The maximum Gasteiger partial charge on any atom is 0.0382 e. The highest BCUT2D eigenvalue weighted by atomic mass is 79.9. The van der Waals surface area contributed by atoms with Gasteiger partial charge >= 0.3 is 0 Å². The van der Waals surface area contributed by atoms with E-state index in [-0.39, 0.29) is 5.54 Å². The second kappa shape index (κ2) is 6.33. The summed E-state index contributed by atoms with van der Waals surface area (Å²) in [6.45, 7) is 11.0. The van der Waals surface area contributed by atoms with Crippen LogP contribution in [0.5, 0.6) is 0 Å². The van der Waals surface area contributed by atoms with Gasteiger partial charge in [0.15, 0.2) is 0 Å². The SMILES string of the molecule is Cc1ccc(C(C)NC(C)(C)c2ccc(Br)cc2)cc1C. The summed E-state index contributed by atoms with van der Waals surface area (Å²) in [5.74, 6) is 0. The topological polar surface area (TPSA) is 12.0 Å². The van der Waals surface area contributed by atoms with Gasteiger partial charge in [0.25, 0.3) is 0 Å². The van der Waals surface area contributed by atoms with Crippen molar-refractivity contribution in [3.8, 4) is 0 Å². The van der Waals surface area contributed by atoms with Gasteiger partial charge in [-0.2, -0.15) is 0 Å². The van der Waals surface area contributed by atoms with Gasteiger partial charge in [-0.15, -0.1) is 0 Å². The van der Waals surface area contributed by atoms with E-state index in [1.54, 1.807) is 0 Å². The molecule has 2 heteroatoms. The number of rotatable bonds is 4. The normalized spacial score (nSPS) is 13.2. The monoisotopic (exact) mass is 345 g/mol. The first-order valence-corrected chi connectivity index (χ1v) is 8.20. The van der Waals surface area contributed by atoms with E-state index in [2.05, 4.69) is 98.3 Å². The molecule has 0 aliphatic rings. The van der Waals surface area contributed by atoms with Crippen molar-refractivity contribution in [2.75, 3.05) is 0 Å². The van der Waals surface area contributed by atoms with Crippen LogP contribution >= 0.6 is 15.9 Å². The van der Waals surface area contributed by atoms with Gasteiger partial charge in [-0.3, -0.25) is 0 Å². The lowest BCUT2D eigenvalue weighted by molar-refractivity contribution is 0.357. The number of nitrogens with one attached hydrogen (secondary N) is 1. The fraction of sp³-hybridized carbons (Fsp3) is 0.368. The van der Waals surface area contributed by atoms with E-state index >= 15 is 0 Å². The molecule has 1 N–H and O–H groups in total. The fourth-order valence-electron chi connectivity index (χ4n) is 2.61. The minimum Gasteiger partial charge on any atom is -0.301 e. The predicted octanol–water partition coefficient (Wildman–Crippen LogP) is 5.65. The van der Waals surface area contributed by atoms with E-state index in [0.717, 1.165) is 4.47 Å². The number of halogens is 1. The summed E-state index contributed by atoms with van der Waals surface area (Å²) in [6.07, 6.45) is 0. The van der Waals surface area contributed by atoms with E-state index in [1.807, 2.05) is 0 Å². The summed E-state index contributed by atoms with van der Waals surface area (Å²) in [4.78, 5) is 0. The van der Waals surface area contributed by atoms with Crippen LogP contribution in [-0.2, 0) is 5.54 Å². The molecule has 0 heterocycles. The molecular formula is C19H24BrN. The molecule has 2 rings (SSSR count). The highest BCUT2D eigenvalue weighted by Crippen LogP contribution is 2.26. The summed E-state index contributed by atoms with van der Waals surface area (Å²) < 4.78 is 1.12. The van der Waals surface area contributed by atoms with Gasteiger partial charge in [-0.25, -0.2) is 0 Å². The molecule has 1 atom stereocenters. The van der Waals surface area contributed by atoms with Crippen molar-refractivity contribution < 1.29 is 0 Å². The first-order valence-electron chi connectivity index (χ1n) is 7.40. The maximum atomic E-state index is 3.74. The zero-order valence-corrected chi connectivity index (χ0v) is 15.1. The number of aryl methyl sites for hydroxylation is 2. The van der Waals surface area contributed by atoms with Gasteiger partial charge < -0.3 is 5.32 Å². The van der Waals surface area contributed by atoms with Gasteiger partial charge in [0.05, 0.1) is 0 Å². The van der Waals surface area contributed by atoms with E-state index in [1.165, 1.54) is 22.3 Å². The summed E-state index contributed by atoms with van der Waals surface area (Å²) in [7, 11) is 0. The summed E-state index contributed by atoms with van der Waals surface area (Å²) in [6, 6.07) is 15.5. The van der Waals surface area contributed by atoms with Crippen LogP contribution in [0.4, 0.5) is 0 Å². The molecule has 2 aromatic rings. The van der Waals surface area contributed by atoms with Crippen LogP contribution in [-0.4, -0.2) is 0 Å². The Labute approximate surface area is 136 Å². The van der Waals surface area contributed by atoms with Crippen LogP contribution in [0.3, 0.4) is 0 Å². The van der Waals surface area contributed by atoms with E-state index in [4.69, 9.17) is 0 Å². The van der Waals surface area contributed by atoms with Crippen LogP contribution in [0, 0.1) is 13.8 Å². The molecule has 1 nitrogen and oxygen atoms in total. The van der Waals surface area contributed by atoms with Gasteiger partial charge in [-0.05, 0) is 69.0 Å².